The van der Waals surface area contributed by atoms with E-state index in [-0.39, 0.29) is 17.7 Å². The fourth-order valence-corrected chi connectivity index (χ4v) is 3.25. The van der Waals surface area contributed by atoms with E-state index in [1.54, 1.807) is 6.07 Å². The van der Waals surface area contributed by atoms with Gasteiger partial charge < -0.3 is 10.6 Å². The van der Waals surface area contributed by atoms with Crippen LogP contribution in [-0.2, 0) is 6.42 Å². The van der Waals surface area contributed by atoms with E-state index in [1.165, 1.54) is 40.1 Å². The molecule has 0 aliphatic carbocycles. The molecule has 136 valence electrons. The van der Waals surface area contributed by atoms with Crippen molar-refractivity contribution in [3.8, 4) is 0 Å². The van der Waals surface area contributed by atoms with Crippen LogP contribution < -0.4 is 16.2 Å². The number of carbonyl (C=O) groups is 1. The lowest BCUT2D eigenvalue weighted by molar-refractivity contribution is 0.0951. The molecule has 0 aliphatic rings. The predicted octanol–water partition coefficient (Wildman–Crippen LogP) is 2.08. The molecule has 7 nitrogen and oxygen atoms in total. The van der Waals surface area contributed by atoms with Crippen LogP contribution in [0, 0.1) is 5.82 Å². The van der Waals surface area contributed by atoms with Crippen LogP contribution in [0.15, 0.2) is 35.1 Å². The molecule has 3 aromatic rings. The molecule has 1 aromatic carbocycles. The second kappa shape index (κ2) is 8.05. The lowest BCUT2D eigenvalue weighted by Crippen LogP contribution is -2.29. The van der Waals surface area contributed by atoms with Crippen LogP contribution >= 0.6 is 11.3 Å². The van der Waals surface area contributed by atoms with Crippen LogP contribution in [0.3, 0.4) is 0 Å². The first kappa shape index (κ1) is 18.0. The Labute approximate surface area is 152 Å². The number of nitrogens with zero attached hydrogens (tertiary/aromatic N) is 3. The highest BCUT2D eigenvalue weighted by atomic mass is 32.1. The summed E-state index contributed by atoms with van der Waals surface area (Å²) in [4.78, 5) is 28.9. The maximum absolute atomic E-state index is 13.5. The Morgan fingerprint density at radius 2 is 2.12 bits per heavy atom. The fraction of sp³-hybridized carbons (Fsp3) is 0.294. The Morgan fingerprint density at radius 1 is 1.31 bits per heavy atom. The van der Waals surface area contributed by atoms with Crippen LogP contribution in [0.4, 0.5) is 9.52 Å². The number of aromatic nitrogens is 3. The topological polar surface area (TPSA) is 88.4 Å². The van der Waals surface area contributed by atoms with Gasteiger partial charge in [-0.2, -0.15) is 4.52 Å². The number of nitrogens with one attached hydrogen (secondary N) is 2. The van der Waals surface area contributed by atoms with Crippen molar-refractivity contribution >= 4 is 27.3 Å². The number of benzene rings is 1. The summed E-state index contributed by atoms with van der Waals surface area (Å²) >= 11 is 1.27. The highest BCUT2D eigenvalue weighted by Gasteiger charge is 2.11. The monoisotopic (exact) mass is 375 g/mol. The van der Waals surface area contributed by atoms with Gasteiger partial charge in [0.25, 0.3) is 11.5 Å². The third kappa shape index (κ3) is 4.05. The molecule has 0 aliphatic heterocycles. The van der Waals surface area contributed by atoms with Crippen LogP contribution in [0.5, 0.6) is 0 Å². The molecule has 9 heteroatoms. The standard InChI is InChI=1S/C17H18FN5O2S/c1-2-5-11-10-14(24)23-17(21-11)26-16(22-23)20-9-8-19-15(25)12-6-3-4-7-13(12)18/h3-4,6-7,10H,2,5,8-9H2,1H3,(H,19,25)(H,20,22). The summed E-state index contributed by atoms with van der Waals surface area (Å²) in [5, 5.41) is 10.4. The minimum Gasteiger partial charge on any atom is -0.358 e. The van der Waals surface area contributed by atoms with E-state index in [0.29, 0.717) is 16.6 Å². The minimum absolute atomic E-state index is 0.00620. The average molecular weight is 375 g/mol. The zero-order valence-corrected chi connectivity index (χ0v) is 15.0. The van der Waals surface area contributed by atoms with Gasteiger partial charge in [-0.25, -0.2) is 9.37 Å². The summed E-state index contributed by atoms with van der Waals surface area (Å²) in [7, 11) is 0. The average Bonchev–Trinajstić information content (AvgIpc) is 3.03. The van der Waals surface area contributed by atoms with Gasteiger partial charge in [0.1, 0.15) is 5.82 Å². The van der Waals surface area contributed by atoms with Gasteiger partial charge in [0.2, 0.25) is 10.1 Å². The molecule has 0 saturated heterocycles. The van der Waals surface area contributed by atoms with Crippen LogP contribution in [-0.4, -0.2) is 33.6 Å². The SMILES string of the molecule is CCCc1cc(=O)n2nc(NCCNC(=O)c3ccccc3F)sc2n1. The number of rotatable bonds is 7. The van der Waals surface area contributed by atoms with Gasteiger partial charge in [-0.05, 0) is 18.6 Å². The number of halogens is 1. The van der Waals surface area contributed by atoms with Crippen molar-refractivity contribution in [2.24, 2.45) is 0 Å². The smallest absolute Gasteiger partial charge is 0.275 e. The molecule has 0 radical (unpaired) electrons. The third-order valence-corrected chi connectivity index (χ3v) is 4.48. The summed E-state index contributed by atoms with van der Waals surface area (Å²) in [5.41, 5.74) is 0.548. The Hall–Kier alpha value is -2.81. The lowest BCUT2D eigenvalue weighted by atomic mass is 10.2. The maximum Gasteiger partial charge on any atom is 0.275 e. The van der Waals surface area contributed by atoms with Crippen molar-refractivity contribution in [1.82, 2.24) is 19.9 Å². The second-order valence-corrected chi connectivity index (χ2v) is 6.56. The van der Waals surface area contributed by atoms with E-state index in [2.05, 4.69) is 20.7 Å². The molecular weight excluding hydrogens is 357 g/mol. The normalized spacial score (nSPS) is 10.8. The van der Waals surface area contributed by atoms with E-state index in [0.717, 1.165) is 18.5 Å². The van der Waals surface area contributed by atoms with Crippen molar-refractivity contribution in [1.29, 1.82) is 0 Å². The van der Waals surface area contributed by atoms with E-state index in [4.69, 9.17) is 0 Å². The first-order chi connectivity index (χ1) is 12.6. The van der Waals surface area contributed by atoms with Gasteiger partial charge in [0, 0.05) is 24.8 Å². The summed E-state index contributed by atoms with van der Waals surface area (Å²) in [6, 6.07) is 7.30. The van der Waals surface area contributed by atoms with Crippen LogP contribution in [0.1, 0.15) is 29.4 Å². The van der Waals surface area contributed by atoms with Gasteiger partial charge in [0.15, 0.2) is 0 Å². The molecule has 0 bridgehead atoms. The predicted molar refractivity (Wildman–Crippen MR) is 98.4 cm³/mol. The van der Waals surface area contributed by atoms with Gasteiger partial charge in [-0.1, -0.05) is 36.8 Å². The molecule has 2 N–H and O–H groups in total. The molecule has 2 aromatic heterocycles. The molecule has 0 spiro atoms. The zero-order chi connectivity index (χ0) is 18.5. The first-order valence-electron chi connectivity index (χ1n) is 8.25. The number of fused-ring (bicyclic) bond motifs is 1. The highest BCUT2D eigenvalue weighted by Crippen LogP contribution is 2.16. The molecule has 0 saturated carbocycles. The van der Waals surface area contributed by atoms with Gasteiger partial charge in [-0.15, -0.1) is 5.10 Å². The van der Waals surface area contributed by atoms with E-state index in [1.807, 2.05) is 6.92 Å². The lowest BCUT2D eigenvalue weighted by Gasteiger charge is -2.06. The van der Waals surface area contributed by atoms with E-state index in [9.17, 15) is 14.0 Å². The van der Waals surface area contributed by atoms with Crippen molar-refractivity contribution < 1.29 is 9.18 Å². The number of hydrogen-bond donors (Lipinski definition) is 2. The van der Waals surface area contributed by atoms with Gasteiger partial charge in [0.05, 0.1) is 5.56 Å². The van der Waals surface area contributed by atoms with Crippen molar-refractivity contribution in [3.63, 3.8) is 0 Å². The summed E-state index contributed by atoms with van der Waals surface area (Å²) in [6.45, 7) is 2.70. The molecular formula is C17H18FN5O2S. The zero-order valence-electron chi connectivity index (χ0n) is 14.2. The van der Waals surface area contributed by atoms with Crippen molar-refractivity contribution in [2.45, 2.75) is 19.8 Å². The van der Waals surface area contributed by atoms with Gasteiger partial charge in [-0.3, -0.25) is 9.59 Å². The first-order valence-corrected chi connectivity index (χ1v) is 9.06. The van der Waals surface area contributed by atoms with Crippen LogP contribution in [0.25, 0.3) is 4.96 Å². The Balaban J connectivity index is 1.58. The second-order valence-electron chi connectivity index (χ2n) is 5.60. The maximum atomic E-state index is 13.5. The molecule has 2 heterocycles. The number of hydrogen-bond acceptors (Lipinski definition) is 6. The molecule has 0 atom stereocenters. The molecule has 3 rings (SSSR count). The summed E-state index contributed by atoms with van der Waals surface area (Å²) < 4.78 is 14.8. The minimum atomic E-state index is -0.558. The van der Waals surface area contributed by atoms with Crippen molar-refractivity contribution in [3.05, 3.63) is 57.8 Å². The van der Waals surface area contributed by atoms with Crippen molar-refractivity contribution in [2.75, 3.05) is 18.4 Å². The Kier molecular flexibility index (Phi) is 5.57. The van der Waals surface area contributed by atoms with E-state index >= 15 is 0 Å². The Bertz CT molecular complexity index is 985. The molecule has 0 fully saturated rings. The molecule has 1 amide bonds. The van der Waals surface area contributed by atoms with Gasteiger partial charge >= 0.3 is 0 Å². The molecule has 26 heavy (non-hydrogen) atoms. The number of carbonyl (C=O) groups excluding carboxylic acids is 1. The number of amides is 1. The highest BCUT2D eigenvalue weighted by molar-refractivity contribution is 7.20. The summed E-state index contributed by atoms with van der Waals surface area (Å²) in [6.07, 6.45) is 1.66. The number of anilines is 1. The quantitative estimate of drug-likeness (QED) is 0.618. The fourth-order valence-electron chi connectivity index (χ4n) is 2.40. The number of aryl methyl sites for hydroxylation is 1. The van der Waals surface area contributed by atoms with Crippen LogP contribution in [0.2, 0.25) is 0 Å². The summed E-state index contributed by atoms with van der Waals surface area (Å²) in [5.74, 6) is -1.03. The molecule has 0 unspecified atom stereocenters. The largest absolute Gasteiger partial charge is 0.358 e. The van der Waals surface area contributed by atoms with E-state index < -0.39 is 11.7 Å². The third-order valence-electron chi connectivity index (χ3n) is 3.61. The Morgan fingerprint density at radius 3 is 2.88 bits per heavy atom.